The van der Waals surface area contributed by atoms with Crippen LogP contribution in [0.3, 0.4) is 0 Å². The lowest BCUT2D eigenvalue weighted by atomic mass is 10.1. The Bertz CT molecular complexity index is 620. The third kappa shape index (κ3) is 3.26. The molecular formula is C14H14BrN3O. The van der Waals surface area contributed by atoms with Crippen LogP contribution in [0.4, 0.5) is 17.1 Å². The van der Waals surface area contributed by atoms with Gasteiger partial charge in [0.25, 0.3) is 5.91 Å². The second-order valence-corrected chi connectivity index (χ2v) is 5.22. The van der Waals surface area contributed by atoms with Crippen LogP contribution in [-0.4, -0.2) is 5.91 Å². The molecule has 0 fully saturated rings. The van der Waals surface area contributed by atoms with E-state index in [9.17, 15) is 4.79 Å². The summed E-state index contributed by atoms with van der Waals surface area (Å²) in [5.41, 5.74) is 14.5. The first-order valence-corrected chi connectivity index (χ1v) is 6.48. The number of halogens is 1. The van der Waals surface area contributed by atoms with Crippen LogP contribution < -0.4 is 16.8 Å². The van der Waals surface area contributed by atoms with Gasteiger partial charge in [-0.25, -0.2) is 0 Å². The zero-order chi connectivity index (χ0) is 14.0. The Morgan fingerprint density at radius 3 is 2.37 bits per heavy atom. The third-order valence-electron chi connectivity index (χ3n) is 2.69. The number of hydrogen-bond acceptors (Lipinski definition) is 3. The fourth-order valence-corrected chi connectivity index (χ4v) is 2.09. The van der Waals surface area contributed by atoms with Gasteiger partial charge >= 0.3 is 0 Å². The number of anilines is 3. The van der Waals surface area contributed by atoms with E-state index in [4.69, 9.17) is 11.5 Å². The highest BCUT2D eigenvalue weighted by Crippen LogP contribution is 2.22. The molecule has 0 unspecified atom stereocenters. The van der Waals surface area contributed by atoms with E-state index in [1.165, 1.54) is 0 Å². The van der Waals surface area contributed by atoms with Crippen LogP contribution in [0.1, 0.15) is 15.9 Å². The van der Waals surface area contributed by atoms with Crippen molar-refractivity contribution in [3.63, 3.8) is 0 Å². The molecule has 2 aromatic carbocycles. The van der Waals surface area contributed by atoms with Gasteiger partial charge < -0.3 is 16.8 Å². The summed E-state index contributed by atoms with van der Waals surface area (Å²) in [6, 6.07) is 10.5. The number of carbonyl (C=O) groups excluding carboxylic acids is 1. The minimum absolute atomic E-state index is 0.236. The lowest BCUT2D eigenvalue weighted by Gasteiger charge is -2.10. The van der Waals surface area contributed by atoms with Crippen molar-refractivity contribution in [1.82, 2.24) is 0 Å². The van der Waals surface area contributed by atoms with Gasteiger partial charge in [-0.15, -0.1) is 0 Å². The average Bonchev–Trinajstić information content (AvgIpc) is 2.32. The molecule has 0 aliphatic heterocycles. The summed E-state index contributed by atoms with van der Waals surface area (Å²) in [4.78, 5) is 12.1. The van der Waals surface area contributed by atoms with Crippen LogP contribution in [0.25, 0.3) is 0 Å². The molecule has 0 aliphatic rings. The number of benzene rings is 2. The van der Waals surface area contributed by atoms with E-state index in [-0.39, 0.29) is 5.91 Å². The van der Waals surface area contributed by atoms with E-state index >= 15 is 0 Å². The van der Waals surface area contributed by atoms with Gasteiger partial charge in [-0.2, -0.15) is 0 Å². The Morgan fingerprint density at radius 1 is 1.11 bits per heavy atom. The molecule has 0 aromatic heterocycles. The standard InChI is InChI=1S/C14H14BrN3O/c1-8-2-3-10(15)6-13(8)18-14(19)9-4-11(16)7-12(17)5-9/h2-7H,16-17H2,1H3,(H,18,19). The molecule has 2 rings (SSSR count). The number of hydrogen-bond donors (Lipinski definition) is 3. The minimum Gasteiger partial charge on any atom is -0.399 e. The van der Waals surface area contributed by atoms with Crippen molar-refractivity contribution >= 4 is 38.9 Å². The van der Waals surface area contributed by atoms with Crippen molar-refractivity contribution in [1.29, 1.82) is 0 Å². The highest BCUT2D eigenvalue weighted by Gasteiger charge is 2.09. The highest BCUT2D eigenvalue weighted by molar-refractivity contribution is 9.10. The molecular weight excluding hydrogens is 306 g/mol. The lowest BCUT2D eigenvalue weighted by molar-refractivity contribution is 0.102. The first kappa shape index (κ1) is 13.4. The number of carbonyl (C=O) groups is 1. The maximum atomic E-state index is 12.1. The number of amides is 1. The van der Waals surface area contributed by atoms with Gasteiger partial charge in [0.2, 0.25) is 0 Å². The molecule has 19 heavy (non-hydrogen) atoms. The van der Waals surface area contributed by atoms with Gasteiger partial charge in [-0.3, -0.25) is 4.79 Å². The number of nitrogens with two attached hydrogens (primary N) is 2. The quantitative estimate of drug-likeness (QED) is 0.743. The van der Waals surface area contributed by atoms with Gasteiger partial charge in [-0.05, 0) is 42.8 Å². The second kappa shape index (κ2) is 5.32. The number of nitrogens with one attached hydrogen (secondary N) is 1. The molecule has 1 amide bonds. The summed E-state index contributed by atoms with van der Waals surface area (Å²) >= 11 is 3.37. The summed E-state index contributed by atoms with van der Waals surface area (Å²) in [5.74, 6) is -0.236. The van der Waals surface area contributed by atoms with Crippen molar-refractivity contribution in [3.8, 4) is 0 Å². The van der Waals surface area contributed by atoms with Crippen molar-refractivity contribution in [2.24, 2.45) is 0 Å². The van der Waals surface area contributed by atoms with Gasteiger partial charge in [0.05, 0.1) is 0 Å². The van der Waals surface area contributed by atoms with E-state index in [1.807, 2.05) is 25.1 Å². The monoisotopic (exact) mass is 319 g/mol. The van der Waals surface area contributed by atoms with Crippen molar-refractivity contribution < 1.29 is 4.79 Å². The molecule has 0 saturated carbocycles. The first-order valence-electron chi connectivity index (χ1n) is 5.69. The fraction of sp³-hybridized carbons (Fsp3) is 0.0714. The maximum absolute atomic E-state index is 12.1. The largest absolute Gasteiger partial charge is 0.399 e. The Hall–Kier alpha value is -2.01. The Morgan fingerprint density at radius 2 is 1.74 bits per heavy atom. The smallest absolute Gasteiger partial charge is 0.255 e. The normalized spacial score (nSPS) is 10.2. The van der Waals surface area contributed by atoms with Crippen molar-refractivity contribution in [3.05, 3.63) is 52.0 Å². The van der Waals surface area contributed by atoms with E-state index in [0.717, 1.165) is 15.7 Å². The molecule has 0 heterocycles. The average molecular weight is 320 g/mol. The van der Waals surface area contributed by atoms with Crippen molar-refractivity contribution in [2.45, 2.75) is 6.92 Å². The summed E-state index contributed by atoms with van der Waals surface area (Å²) in [5, 5.41) is 2.84. The topological polar surface area (TPSA) is 81.1 Å². The zero-order valence-corrected chi connectivity index (χ0v) is 12.0. The zero-order valence-electron chi connectivity index (χ0n) is 10.4. The molecule has 5 heteroatoms. The van der Waals surface area contributed by atoms with Crippen LogP contribution in [-0.2, 0) is 0 Å². The molecule has 0 bridgehead atoms. The predicted molar refractivity (Wildman–Crippen MR) is 82.1 cm³/mol. The third-order valence-corrected chi connectivity index (χ3v) is 3.18. The van der Waals surface area contributed by atoms with Gasteiger partial charge in [0, 0.05) is 27.1 Å². The van der Waals surface area contributed by atoms with Crippen LogP contribution in [0.2, 0.25) is 0 Å². The molecule has 0 aliphatic carbocycles. The molecule has 0 saturated heterocycles. The van der Waals surface area contributed by atoms with E-state index < -0.39 is 0 Å². The first-order chi connectivity index (χ1) is 8.95. The number of aryl methyl sites for hydroxylation is 1. The summed E-state index contributed by atoms with van der Waals surface area (Å²) in [6.45, 7) is 1.93. The van der Waals surface area contributed by atoms with Gasteiger partial charge in [0.15, 0.2) is 0 Å². The Labute approximate surface area is 119 Å². The summed E-state index contributed by atoms with van der Waals surface area (Å²) in [6.07, 6.45) is 0. The molecule has 98 valence electrons. The van der Waals surface area contributed by atoms with E-state index in [1.54, 1.807) is 18.2 Å². The van der Waals surface area contributed by atoms with Crippen molar-refractivity contribution in [2.75, 3.05) is 16.8 Å². The van der Waals surface area contributed by atoms with E-state index in [2.05, 4.69) is 21.2 Å². The van der Waals surface area contributed by atoms with Crippen LogP contribution in [0.15, 0.2) is 40.9 Å². The summed E-state index contributed by atoms with van der Waals surface area (Å²) < 4.78 is 0.903. The predicted octanol–water partition coefficient (Wildman–Crippen LogP) is 3.17. The van der Waals surface area contributed by atoms with Gasteiger partial charge in [0.1, 0.15) is 0 Å². The fourth-order valence-electron chi connectivity index (χ4n) is 1.73. The molecule has 0 radical (unpaired) electrons. The molecule has 2 aromatic rings. The van der Waals surface area contributed by atoms with Crippen LogP contribution in [0, 0.1) is 6.92 Å². The van der Waals surface area contributed by atoms with Crippen LogP contribution >= 0.6 is 15.9 Å². The minimum atomic E-state index is -0.236. The summed E-state index contributed by atoms with van der Waals surface area (Å²) in [7, 11) is 0. The molecule has 4 nitrogen and oxygen atoms in total. The lowest BCUT2D eigenvalue weighted by Crippen LogP contribution is -2.13. The number of rotatable bonds is 2. The Balaban J connectivity index is 2.28. The SMILES string of the molecule is Cc1ccc(Br)cc1NC(=O)c1cc(N)cc(N)c1. The molecule has 0 spiro atoms. The van der Waals surface area contributed by atoms with Gasteiger partial charge in [-0.1, -0.05) is 22.0 Å². The Kier molecular flexibility index (Phi) is 3.76. The molecule has 5 N–H and O–H groups in total. The number of nitrogen functional groups attached to an aromatic ring is 2. The van der Waals surface area contributed by atoms with E-state index in [0.29, 0.717) is 16.9 Å². The maximum Gasteiger partial charge on any atom is 0.255 e. The van der Waals surface area contributed by atoms with Crippen LogP contribution in [0.5, 0.6) is 0 Å². The molecule has 0 atom stereocenters. The second-order valence-electron chi connectivity index (χ2n) is 4.30. The highest BCUT2D eigenvalue weighted by atomic mass is 79.9.